The van der Waals surface area contributed by atoms with Crippen LogP contribution in [-0.4, -0.2) is 46.9 Å². The highest BCUT2D eigenvalue weighted by Gasteiger charge is 2.22. The molecular formula is C25H30N5O+. The third kappa shape index (κ3) is 5.40. The predicted octanol–water partition coefficient (Wildman–Crippen LogP) is 2.54. The number of carbonyl (C=O) groups excluding carboxylic acids is 1. The lowest BCUT2D eigenvalue weighted by molar-refractivity contribution is -0.132. The lowest BCUT2D eigenvalue weighted by atomic mass is 9.96. The second kappa shape index (κ2) is 10.1. The maximum absolute atomic E-state index is 12.6. The van der Waals surface area contributed by atoms with Gasteiger partial charge in [0.25, 0.3) is 0 Å². The van der Waals surface area contributed by atoms with Crippen LogP contribution in [0.15, 0.2) is 60.9 Å². The monoisotopic (exact) mass is 416 g/mol. The summed E-state index contributed by atoms with van der Waals surface area (Å²) in [4.78, 5) is 14.6. The van der Waals surface area contributed by atoms with Gasteiger partial charge >= 0.3 is 0 Å². The summed E-state index contributed by atoms with van der Waals surface area (Å²) >= 11 is 0. The average Bonchev–Trinajstić information content (AvgIpc) is 3.37. The number of nitrogens with zero attached hydrogens (tertiary/aromatic N) is 2. The number of nitrogens with one attached hydrogen (secondary N) is 2. The van der Waals surface area contributed by atoms with Crippen LogP contribution in [0.4, 0.5) is 5.69 Å². The van der Waals surface area contributed by atoms with E-state index in [0.717, 1.165) is 61.3 Å². The van der Waals surface area contributed by atoms with Gasteiger partial charge < -0.3 is 10.2 Å². The first-order chi connectivity index (χ1) is 15.2. The van der Waals surface area contributed by atoms with Crippen molar-refractivity contribution in [2.45, 2.75) is 25.7 Å². The van der Waals surface area contributed by atoms with Gasteiger partial charge in [-0.05, 0) is 48.4 Å². The molecule has 4 rings (SSSR count). The van der Waals surface area contributed by atoms with E-state index in [1.807, 2.05) is 29.3 Å². The molecule has 2 heterocycles. The van der Waals surface area contributed by atoms with Crippen molar-refractivity contribution in [3.05, 3.63) is 72.1 Å². The van der Waals surface area contributed by atoms with Crippen LogP contribution in [0.5, 0.6) is 0 Å². The van der Waals surface area contributed by atoms with E-state index in [2.05, 4.69) is 45.8 Å². The highest BCUT2D eigenvalue weighted by molar-refractivity contribution is 5.87. The number of amides is 1. The van der Waals surface area contributed by atoms with Crippen molar-refractivity contribution in [2.24, 2.45) is 5.92 Å². The second-order valence-corrected chi connectivity index (χ2v) is 8.15. The molecule has 0 aliphatic carbocycles. The normalized spacial score (nSPS) is 14.4. The number of likely N-dealkylation sites (tertiary alicyclic amines) is 1. The standard InChI is InChI=1S/C25H29N5O/c26-15-22-14-21(23-17-28-29-18-23)7-8-24(22)27-16-20-10-12-30(13-11-20)25(31)9-6-19-4-2-1-3-5-19/h1-5,7-8,14-15,17-18,20,26-27H,6,9-13,16H2,(H,28,29)/p+1. The summed E-state index contributed by atoms with van der Waals surface area (Å²) < 4.78 is 0. The number of nitrogens with two attached hydrogens (primary N) is 1. The first kappa shape index (κ1) is 20.8. The van der Waals surface area contributed by atoms with Crippen LogP contribution >= 0.6 is 0 Å². The number of carbonyl (C=O) groups is 1. The molecule has 6 nitrogen and oxygen atoms in total. The number of hydrogen-bond acceptors (Lipinski definition) is 3. The van der Waals surface area contributed by atoms with Crippen molar-refractivity contribution in [1.82, 2.24) is 15.1 Å². The molecule has 1 fully saturated rings. The average molecular weight is 417 g/mol. The zero-order chi connectivity index (χ0) is 21.5. The number of H-pyrrole nitrogens is 1. The van der Waals surface area contributed by atoms with Crippen molar-refractivity contribution in [3.8, 4) is 11.1 Å². The number of piperidine rings is 1. The second-order valence-electron chi connectivity index (χ2n) is 8.15. The van der Waals surface area contributed by atoms with Gasteiger partial charge in [-0.2, -0.15) is 5.10 Å². The number of benzene rings is 2. The Balaban J connectivity index is 1.25. The smallest absolute Gasteiger partial charge is 0.222 e. The number of hydrogen-bond donors (Lipinski definition) is 3. The zero-order valence-corrected chi connectivity index (χ0v) is 17.8. The van der Waals surface area contributed by atoms with Crippen molar-refractivity contribution in [2.75, 3.05) is 25.0 Å². The molecule has 31 heavy (non-hydrogen) atoms. The Hall–Kier alpha value is -3.41. The molecule has 1 aliphatic rings. The molecule has 6 heteroatoms. The van der Waals surface area contributed by atoms with Crippen LogP contribution in [0.2, 0.25) is 0 Å². The summed E-state index contributed by atoms with van der Waals surface area (Å²) in [5.41, 5.74) is 5.36. The largest absolute Gasteiger partial charge is 0.384 e. The summed E-state index contributed by atoms with van der Waals surface area (Å²) in [7, 11) is 0. The Morgan fingerprint density at radius 3 is 2.68 bits per heavy atom. The summed E-state index contributed by atoms with van der Waals surface area (Å²) in [6, 6.07) is 16.4. The lowest BCUT2D eigenvalue weighted by Crippen LogP contribution is -2.40. The van der Waals surface area contributed by atoms with Crippen molar-refractivity contribution in [3.63, 3.8) is 0 Å². The fourth-order valence-corrected chi connectivity index (χ4v) is 4.14. The molecule has 0 radical (unpaired) electrons. The van der Waals surface area contributed by atoms with Gasteiger partial charge in [-0.3, -0.25) is 15.3 Å². The van der Waals surface area contributed by atoms with E-state index in [9.17, 15) is 4.79 Å². The maximum Gasteiger partial charge on any atom is 0.222 e. The minimum absolute atomic E-state index is 0.269. The molecule has 1 aliphatic heterocycles. The van der Waals surface area contributed by atoms with Gasteiger partial charge in [0, 0.05) is 43.5 Å². The molecule has 1 amide bonds. The molecule has 1 aromatic heterocycles. The molecule has 0 bridgehead atoms. The predicted molar refractivity (Wildman–Crippen MR) is 124 cm³/mol. The van der Waals surface area contributed by atoms with E-state index >= 15 is 0 Å². The SMILES string of the molecule is [NH2+]=Cc1cc(-c2cn[nH]c2)ccc1NCC1CCN(C(=O)CCc2ccccc2)CC1. The first-order valence-corrected chi connectivity index (χ1v) is 11.0. The summed E-state index contributed by atoms with van der Waals surface area (Å²) in [5.74, 6) is 0.822. The van der Waals surface area contributed by atoms with E-state index < -0.39 is 0 Å². The van der Waals surface area contributed by atoms with E-state index in [4.69, 9.17) is 5.41 Å². The fraction of sp³-hybridized carbons (Fsp3) is 0.320. The molecule has 4 N–H and O–H groups in total. The Morgan fingerprint density at radius 2 is 1.97 bits per heavy atom. The molecular weight excluding hydrogens is 386 g/mol. The quantitative estimate of drug-likeness (QED) is 0.493. The highest BCUT2D eigenvalue weighted by Crippen LogP contribution is 2.25. The number of aromatic nitrogens is 2. The van der Waals surface area contributed by atoms with E-state index in [1.165, 1.54) is 5.56 Å². The van der Waals surface area contributed by atoms with Crippen LogP contribution in [0.1, 0.15) is 30.4 Å². The van der Waals surface area contributed by atoms with Gasteiger partial charge in [0.05, 0.1) is 11.8 Å². The molecule has 3 aromatic rings. The van der Waals surface area contributed by atoms with Crippen LogP contribution in [0, 0.1) is 5.92 Å². The summed E-state index contributed by atoms with van der Waals surface area (Å²) in [5, 5.41) is 16.3. The maximum atomic E-state index is 12.6. The van der Waals surface area contributed by atoms with Crippen molar-refractivity contribution < 1.29 is 10.2 Å². The Kier molecular flexibility index (Phi) is 6.77. The lowest BCUT2D eigenvalue weighted by Gasteiger charge is -2.32. The van der Waals surface area contributed by atoms with Gasteiger partial charge in [-0.15, -0.1) is 0 Å². The number of rotatable bonds is 8. The molecule has 160 valence electrons. The van der Waals surface area contributed by atoms with Gasteiger partial charge in [-0.1, -0.05) is 36.4 Å². The Bertz CT molecular complexity index is 992. The zero-order valence-electron chi connectivity index (χ0n) is 17.8. The minimum atomic E-state index is 0.269. The third-order valence-electron chi connectivity index (χ3n) is 6.08. The van der Waals surface area contributed by atoms with Crippen LogP contribution < -0.4 is 10.7 Å². The molecule has 0 atom stereocenters. The van der Waals surface area contributed by atoms with Gasteiger partial charge in [0.1, 0.15) is 0 Å². The first-order valence-electron chi connectivity index (χ1n) is 11.0. The fourth-order valence-electron chi connectivity index (χ4n) is 4.14. The topological polar surface area (TPSA) is 86.6 Å². The van der Waals surface area contributed by atoms with Gasteiger partial charge in [0.15, 0.2) is 6.21 Å². The number of aryl methyl sites for hydroxylation is 1. The molecule has 2 aromatic carbocycles. The van der Waals surface area contributed by atoms with Crippen molar-refractivity contribution >= 4 is 17.8 Å². The molecule has 0 spiro atoms. The number of anilines is 1. The molecule has 1 saturated heterocycles. The van der Waals surface area contributed by atoms with Gasteiger partial charge in [0.2, 0.25) is 5.91 Å². The highest BCUT2D eigenvalue weighted by atomic mass is 16.2. The van der Waals surface area contributed by atoms with Crippen LogP contribution in [0.3, 0.4) is 0 Å². The van der Waals surface area contributed by atoms with E-state index in [1.54, 1.807) is 12.4 Å². The van der Waals surface area contributed by atoms with Gasteiger partial charge in [-0.25, -0.2) is 0 Å². The Labute approximate surface area is 183 Å². The van der Waals surface area contributed by atoms with Crippen LogP contribution in [0.25, 0.3) is 11.1 Å². The number of aromatic amines is 1. The Morgan fingerprint density at radius 1 is 1.16 bits per heavy atom. The van der Waals surface area contributed by atoms with E-state index in [0.29, 0.717) is 12.3 Å². The van der Waals surface area contributed by atoms with Crippen molar-refractivity contribution in [1.29, 1.82) is 0 Å². The third-order valence-corrected chi connectivity index (χ3v) is 6.08. The molecule has 0 unspecified atom stereocenters. The van der Waals surface area contributed by atoms with Crippen LogP contribution in [-0.2, 0) is 11.2 Å². The van der Waals surface area contributed by atoms with E-state index in [-0.39, 0.29) is 5.91 Å². The molecule has 0 saturated carbocycles. The minimum Gasteiger partial charge on any atom is -0.384 e. The summed E-state index contributed by atoms with van der Waals surface area (Å²) in [6.07, 6.45) is 8.77. The summed E-state index contributed by atoms with van der Waals surface area (Å²) in [6.45, 7) is 2.57.